The number of halogens is 3. The zero-order valence-electron chi connectivity index (χ0n) is 8.04. The van der Waals surface area contributed by atoms with Crippen molar-refractivity contribution in [3.63, 3.8) is 0 Å². The number of benzene rings is 1. The van der Waals surface area contributed by atoms with Gasteiger partial charge >= 0.3 is 0 Å². The second kappa shape index (κ2) is 4.80. The summed E-state index contributed by atoms with van der Waals surface area (Å²) in [5.41, 5.74) is 0. The first-order chi connectivity index (χ1) is 7.65. The van der Waals surface area contributed by atoms with E-state index in [1.54, 1.807) is 6.07 Å². The van der Waals surface area contributed by atoms with Crippen LogP contribution in [0.3, 0.4) is 0 Å². The van der Waals surface area contributed by atoms with Gasteiger partial charge in [-0.05, 0) is 24.3 Å². The minimum atomic E-state index is -0.915. The SMILES string of the molecule is Fc1ccc(OCc2ccc(Cl)s2)cc1F. The summed E-state index contributed by atoms with van der Waals surface area (Å²) in [6.07, 6.45) is 0. The highest BCUT2D eigenvalue weighted by molar-refractivity contribution is 7.16. The van der Waals surface area contributed by atoms with Crippen molar-refractivity contribution in [3.8, 4) is 5.75 Å². The molecule has 0 spiro atoms. The molecular weight excluding hydrogens is 254 g/mol. The summed E-state index contributed by atoms with van der Waals surface area (Å²) >= 11 is 7.13. The predicted molar refractivity (Wildman–Crippen MR) is 60.0 cm³/mol. The Labute approximate surface area is 100 Å². The van der Waals surface area contributed by atoms with E-state index in [-0.39, 0.29) is 0 Å². The van der Waals surface area contributed by atoms with Crippen LogP contribution in [0.5, 0.6) is 5.75 Å². The molecule has 0 radical (unpaired) electrons. The van der Waals surface area contributed by atoms with E-state index in [0.717, 1.165) is 17.0 Å². The highest BCUT2D eigenvalue weighted by atomic mass is 35.5. The Balaban J connectivity index is 2.02. The number of hydrogen-bond donors (Lipinski definition) is 0. The zero-order chi connectivity index (χ0) is 11.5. The number of thiophene rings is 1. The first-order valence-electron chi connectivity index (χ1n) is 4.47. The maximum absolute atomic E-state index is 12.8. The van der Waals surface area contributed by atoms with Gasteiger partial charge in [-0.1, -0.05) is 11.6 Å². The Morgan fingerprint density at radius 3 is 2.56 bits per heavy atom. The van der Waals surface area contributed by atoms with Crippen LogP contribution in [0.15, 0.2) is 30.3 Å². The van der Waals surface area contributed by atoms with Gasteiger partial charge in [-0.15, -0.1) is 11.3 Å². The predicted octanol–water partition coefficient (Wildman–Crippen LogP) is 4.26. The molecule has 0 amide bonds. The molecule has 0 aliphatic heterocycles. The Kier molecular flexibility index (Phi) is 3.41. The van der Waals surface area contributed by atoms with Crippen molar-refractivity contribution in [1.82, 2.24) is 0 Å². The zero-order valence-corrected chi connectivity index (χ0v) is 9.62. The molecule has 0 bridgehead atoms. The summed E-state index contributed by atoms with van der Waals surface area (Å²) in [5.74, 6) is -1.50. The van der Waals surface area contributed by atoms with Gasteiger partial charge in [-0.2, -0.15) is 0 Å². The molecule has 1 heterocycles. The quantitative estimate of drug-likeness (QED) is 0.801. The van der Waals surface area contributed by atoms with Crippen molar-refractivity contribution in [2.45, 2.75) is 6.61 Å². The summed E-state index contributed by atoms with van der Waals surface area (Å²) in [5, 5.41) is 0. The third-order valence-corrected chi connectivity index (χ3v) is 3.11. The minimum Gasteiger partial charge on any atom is -0.488 e. The number of hydrogen-bond acceptors (Lipinski definition) is 2. The third kappa shape index (κ3) is 2.71. The molecule has 0 aliphatic rings. The van der Waals surface area contributed by atoms with E-state index in [2.05, 4.69) is 0 Å². The Hall–Kier alpha value is -1.13. The van der Waals surface area contributed by atoms with Crippen molar-refractivity contribution >= 4 is 22.9 Å². The molecule has 2 rings (SSSR count). The van der Waals surface area contributed by atoms with Crippen molar-refractivity contribution in [2.75, 3.05) is 0 Å². The Bertz CT molecular complexity index is 498. The summed E-state index contributed by atoms with van der Waals surface area (Å²) < 4.78 is 31.4. The average Bonchev–Trinajstić information content (AvgIpc) is 2.66. The first kappa shape index (κ1) is 11.4. The van der Waals surface area contributed by atoms with Gasteiger partial charge in [0.2, 0.25) is 0 Å². The van der Waals surface area contributed by atoms with Gasteiger partial charge in [-0.3, -0.25) is 0 Å². The molecular formula is C11H7ClF2OS. The molecule has 0 N–H and O–H groups in total. The molecule has 2 aromatic rings. The van der Waals surface area contributed by atoms with Crippen LogP contribution in [0.25, 0.3) is 0 Å². The van der Waals surface area contributed by atoms with E-state index < -0.39 is 11.6 Å². The smallest absolute Gasteiger partial charge is 0.162 e. The fourth-order valence-corrected chi connectivity index (χ4v) is 2.15. The molecule has 16 heavy (non-hydrogen) atoms. The molecule has 84 valence electrons. The first-order valence-corrected chi connectivity index (χ1v) is 5.66. The molecule has 0 saturated heterocycles. The minimum absolute atomic E-state index is 0.294. The highest BCUT2D eigenvalue weighted by Crippen LogP contribution is 2.23. The van der Waals surface area contributed by atoms with E-state index >= 15 is 0 Å². The van der Waals surface area contributed by atoms with Crippen LogP contribution >= 0.6 is 22.9 Å². The molecule has 1 aromatic carbocycles. The van der Waals surface area contributed by atoms with Crippen molar-refractivity contribution in [1.29, 1.82) is 0 Å². The molecule has 0 unspecified atom stereocenters. The summed E-state index contributed by atoms with van der Waals surface area (Å²) in [6, 6.07) is 7.02. The van der Waals surface area contributed by atoms with Gasteiger partial charge in [0.05, 0.1) is 4.34 Å². The van der Waals surface area contributed by atoms with Gasteiger partial charge in [-0.25, -0.2) is 8.78 Å². The molecule has 0 saturated carbocycles. The van der Waals surface area contributed by atoms with Gasteiger partial charge in [0, 0.05) is 10.9 Å². The monoisotopic (exact) mass is 260 g/mol. The fraction of sp³-hybridized carbons (Fsp3) is 0.0909. The molecule has 0 aliphatic carbocycles. The van der Waals surface area contributed by atoms with E-state index in [9.17, 15) is 8.78 Å². The average molecular weight is 261 g/mol. The maximum atomic E-state index is 12.8. The maximum Gasteiger partial charge on any atom is 0.162 e. The van der Waals surface area contributed by atoms with Crippen LogP contribution in [-0.4, -0.2) is 0 Å². The van der Waals surface area contributed by atoms with Gasteiger partial charge in [0.25, 0.3) is 0 Å². The van der Waals surface area contributed by atoms with Crippen LogP contribution in [0.4, 0.5) is 8.78 Å². The van der Waals surface area contributed by atoms with E-state index in [4.69, 9.17) is 16.3 Å². The molecule has 1 aromatic heterocycles. The van der Waals surface area contributed by atoms with Crippen LogP contribution in [0.1, 0.15) is 4.88 Å². The van der Waals surface area contributed by atoms with Crippen molar-refractivity contribution in [2.24, 2.45) is 0 Å². The molecule has 5 heteroatoms. The van der Waals surface area contributed by atoms with Gasteiger partial charge in [0.15, 0.2) is 11.6 Å². The Morgan fingerprint density at radius 1 is 1.12 bits per heavy atom. The van der Waals surface area contributed by atoms with Crippen LogP contribution in [0.2, 0.25) is 4.34 Å². The second-order valence-electron chi connectivity index (χ2n) is 3.07. The van der Waals surface area contributed by atoms with Gasteiger partial charge < -0.3 is 4.74 Å². The topological polar surface area (TPSA) is 9.23 Å². The lowest BCUT2D eigenvalue weighted by molar-refractivity contribution is 0.307. The van der Waals surface area contributed by atoms with Gasteiger partial charge in [0.1, 0.15) is 12.4 Å². The van der Waals surface area contributed by atoms with E-state index in [1.165, 1.54) is 17.4 Å². The van der Waals surface area contributed by atoms with Crippen LogP contribution in [0, 0.1) is 11.6 Å². The van der Waals surface area contributed by atoms with Crippen LogP contribution < -0.4 is 4.74 Å². The molecule has 0 atom stereocenters. The number of rotatable bonds is 3. The summed E-state index contributed by atoms with van der Waals surface area (Å²) in [6.45, 7) is 0.294. The standard InChI is InChI=1S/C11H7ClF2OS/c12-11-4-2-8(16-11)6-15-7-1-3-9(13)10(14)5-7/h1-5H,6H2. The Morgan fingerprint density at radius 2 is 1.94 bits per heavy atom. The van der Waals surface area contributed by atoms with Crippen LogP contribution in [-0.2, 0) is 6.61 Å². The lowest BCUT2D eigenvalue weighted by Crippen LogP contribution is -1.94. The highest BCUT2D eigenvalue weighted by Gasteiger charge is 2.04. The third-order valence-electron chi connectivity index (χ3n) is 1.90. The van der Waals surface area contributed by atoms with Crippen molar-refractivity contribution in [3.05, 3.63) is 51.2 Å². The molecule has 1 nitrogen and oxygen atoms in total. The normalized spacial score (nSPS) is 10.4. The summed E-state index contributed by atoms with van der Waals surface area (Å²) in [7, 11) is 0. The van der Waals surface area contributed by atoms with E-state index in [0.29, 0.717) is 16.7 Å². The largest absolute Gasteiger partial charge is 0.488 e. The molecule has 0 fully saturated rings. The number of ether oxygens (including phenoxy) is 1. The second-order valence-corrected chi connectivity index (χ2v) is 4.87. The lowest BCUT2D eigenvalue weighted by atomic mass is 10.3. The lowest BCUT2D eigenvalue weighted by Gasteiger charge is -2.04. The van der Waals surface area contributed by atoms with E-state index in [1.807, 2.05) is 6.07 Å². The fourth-order valence-electron chi connectivity index (χ4n) is 1.15. The van der Waals surface area contributed by atoms with Crippen molar-refractivity contribution < 1.29 is 13.5 Å². The summed E-state index contributed by atoms with van der Waals surface area (Å²) in [4.78, 5) is 0.926.